The van der Waals surface area contributed by atoms with Crippen molar-refractivity contribution in [3.63, 3.8) is 0 Å². The van der Waals surface area contributed by atoms with Crippen LogP contribution in [0.5, 0.6) is 5.75 Å². The van der Waals surface area contributed by atoms with Gasteiger partial charge in [-0.25, -0.2) is 4.39 Å². The van der Waals surface area contributed by atoms with Crippen molar-refractivity contribution in [3.05, 3.63) is 65.5 Å². The molecule has 7 heteroatoms. The van der Waals surface area contributed by atoms with Gasteiger partial charge in [0.1, 0.15) is 17.7 Å². The molecule has 0 bridgehead atoms. The summed E-state index contributed by atoms with van der Waals surface area (Å²) >= 11 is 0. The standard InChI is InChI=1S/C24H31FN2O4/c1-17(2)30-16-21(28)14-27(13-18-5-4-6-22(11-18)29-3)15-23-12-24(26-31-23)19-7-9-20(25)10-8-19/h4-11,17,21,23,28H,12-16H2,1-3H3. The van der Waals surface area contributed by atoms with E-state index in [1.165, 1.54) is 12.1 Å². The Bertz CT molecular complexity index is 857. The van der Waals surface area contributed by atoms with Gasteiger partial charge >= 0.3 is 0 Å². The Kier molecular flexibility index (Phi) is 8.40. The first-order valence-electron chi connectivity index (χ1n) is 10.6. The number of rotatable bonds is 11. The molecular formula is C24H31FN2O4. The number of benzene rings is 2. The van der Waals surface area contributed by atoms with Crippen molar-refractivity contribution in [2.45, 2.75) is 45.1 Å². The summed E-state index contributed by atoms with van der Waals surface area (Å²) in [5.41, 5.74) is 2.73. The largest absolute Gasteiger partial charge is 0.497 e. The van der Waals surface area contributed by atoms with Crippen molar-refractivity contribution < 1.29 is 23.8 Å². The first-order chi connectivity index (χ1) is 14.9. The molecule has 0 spiro atoms. The Hall–Kier alpha value is -2.48. The lowest BCUT2D eigenvalue weighted by Gasteiger charge is -2.27. The van der Waals surface area contributed by atoms with E-state index in [9.17, 15) is 9.50 Å². The minimum atomic E-state index is -0.619. The fraction of sp³-hybridized carbons (Fsp3) is 0.458. The average molecular weight is 431 g/mol. The highest BCUT2D eigenvalue weighted by molar-refractivity contribution is 6.01. The van der Waals surface area contributed by atoms with Crippen molar-refractivity contribution in [3.8, 4) is 5.75 Å². The second kappa shape index (κ2) is 11.2. The molecule has 0 aliphatic carbocycles. The van der Waals surface area contributed by atoms with E-state index >= 15 is 0 Å². The zero-order valence-electron chi connectivity index (χ0n) is 18.3. The molecule has 3 rings (SSSR count). The van der Waals surface area contributed by atoms with Gasteiger partial charge in [-0.1, -0.05) is 29.4 Å². The van der Waals surface area contributed by atoms with Crippen LogP contribution in [0.15, 0.2) is 53.7 Å². The van der Waals surface area contributed by atoms with E-state index in [-0.39, 0.29) is 24.6 Å². The van der Waals surface area contributed by atoms with Crippen LogP contribution in [-0.4, -0.2) is 60.8 Å². The number of nitrogens with zero attached hydrogens (tertiary/aromatic N) is 2. The molecule has 0 aromatic heterocycles. The first kappa shape index (κ1) is 23.2. The predicted octanol–water partition coefficient (Wildman–Crippen LogP) is 3.62. The van der Waals surface area contributed by atoms with Crippen molar-refractivity contribution in [1.29, 1.82) is 0 Å². The highest BCUT2D eigenvalue weighted by atomic mass is 19.1. The van der Waals surface area contributed by atoms with Gasteiger partial charge < -0.3 is 19.4 Å². The number of aliphatic hydroxyl groups is 1. The van der Waals surface area contributed by atoms with Gasteiger partial charge in [0.25, 0.3) is 0 Å². The third-order valence-electron chi connectivity index (χ3n) is 5.00. The zero-order valence-corrected chi connectivity index (χ0v) is 18.3. The third kappa shape index (κ3) is 7.31. The normalized spacial score (nSPS) is 17.0. The van der Waals surface area contributed by atoms with E-state index in [1.54, 1.807) is 19.2 Å². The molecule has 2 aromatic carbocycles. The monoisotopic (exact) mass is 430 g/mol. The second-order valence-electron chi connectivity index (χ2n) is 8.06. The molecule has 168 valence electrons. The number of ether oxygens (including phenoxy) is 2. The molecule has 1 aliphatic heterocycles. The SMILES string of the molecule is COc1cccc(CN(CC(O)COC(C)C)CC2CC(c3ccc(F)cc3)=NO2)c1. The van der Waals surface area contributed by atoms with E-state index in [1.807, 2.05) is 38.1 Å². The van der Waals surface area contributed by atoms with E-state index in [2.05, 4.69) is 10.1 Å². The Morgan fingerprint density at radius 2 is 2.00 bits per heavy atom. The molecule has 0 fully saturated rings. The molecule has 0 amide bonds. The maximum absolute atomic E-state index is 13.2. The molecule has 31 heavy (non-hydrogen) atoms. The average Bonchev–Trinajstić information content (AvgIpc) is 3.21. The van der Waals surface area contributed by atoms with Crippen LogP contribution in [0.1, 0.15) is 31.4 Å². The summed E-state index contributed by atoms with van der Waals surface area (Å²) in [7, 11) is 1.64. The molecule has 2 unspecified atom stereocenters. The second-order valence-corrected chi connectivity index (χ2v) is 8.06. The lowest BCUT2D eigenvalue weighted by Crippen LogP contribution is -2.39. The van der Waals surface area contributed by atoms with Gasteiger partial charge in [-0.2, -0.15) is 0 Å². The van der Waals surface area contributed by atoms with Crippen LogP contribution in [0, 0.1) is 5.82 Å². The van der Waals surface area contributed by atoms with Crippen molar-refractivity contribution in [2.24, 2.45) is 5.16 Å². The topological polar surface area (TPSA) is 63.5 Å². The highest BCUT2D eigenvalue weighted by Crippen LogP contribution is 2.20. The Morgan fingerprint density at radius 1 is 1.23 bits per heavy atom. The van der Waals surface area contributed by atoms with Crippen LogP contribution in [0.3, 0.4) is 0 Å². The molecule has 2 atom stereocenters. The maximum atomic E-state index is 13.2. The number of oxime groups is 1. The Balaban J connectivity index is 1.63. The van der Waals surface area contributed by atoms with E-state index in [4.69, 9.17) is 14.3 Å². The van der Waals surface area contributed by atoms with Gasteiger partial charge in [0.05, 0.1) is 31.6 Å². The molecule has 0 saturated heterocycles. The lowest BCUT2D eigenvalue weighted by molar-refractivity contribution is -0.0194. The molecule has 2 aromatic rings. The molecular weight excluding hydrogens is 399 g/mol. The summed E-state index contributed by atoms with van der Waals surface area (Å²) in [6, 6.07) is 14.1. The number of hydrogen-bond acceptors (Lipinski definition) is 6. The van der Waals surface area contributed by atoms with Crippen LogP contribution in [0.4, 0.5) is 4.39 Å². The zero-order chi connectivity index (χ0) is 22.2. The van der Waals surface area contributed by atoms with Gasteiger partial charge in [-0.3, -0.25) is 4.90 Å². The minimum Gasteiger partial charge on any atom is -0.497 e. The first-order valence-corrected chi connectivity index (χ1v) is 10.6. The fourth-order valence-corrected chi connectivity index (χ4v) is 3.51. The van der Waals surface area contributed by atoms with Gasteiger partial charge in [0.15, 0.2) is 0 Å². The van der Waals surface area contributed by atoms with Gasteiger partial charge in [0, 0.05) is 26.1 Å². The fourth-order valence-electron chi connectivity index (χ4n) is 3.51. The quantitative estimate of drug-likeness (QED) is 0.590. The highest BCUT2D eigenvalue weighted by Gasteiger charge is 2.26. The third-order valence-corrected chi connectivity index (χ3v) is 5.00. The number of aliphatic hydroxyl groups excluding tert-OH is 1. The summed E-state index contributed by atoms with van der Waals surface area (Å²) in [5, 5.41) is 14.7. The molecule has 6 nitrogen and oxygen atoms in total. The van der Waals surface area contributed by atoms with Gasteiger partial charge in [0.2, 0.25) is 0 Å². The van der Waals surface area contributed by atoms with Crippen LogP contribution < -0.4 is 4.74 Å². The van der Waals surface area contributed by atoms with Crippen molar-refractivity contribution in [1.82, 2.24) is 4.90 Å². The molecule has 0 saturated carbocycles. The van der Waals surface area contributed by atoms with E-state index < -0.39 is 6.10 Å². The smallest absolute Gasteiger partial charge is 0.145 e. The Morgan fingerprint density at radius 3 is 2.71 bits per heavy atom. The van der Waals surface area contributed by atoms with E-state index in [0.29, 0.717) is 26.1 Å². The molecule has 1 heterocycles. The summed E-state index contributed by atoms with van der Waals surface area (Å²) in [5.74, 6) is 0.516. The van der Waals surface area contributed by atoms with E-state index in [0.717, 1.165) is 22.6 Å². The van der Waals surface area contributed by atoms with Crippen molar-refractivity contribution >= 4 is 5.71 Å². The molecule has 1 aliphatic rings. The maximum Gasteiger partial charge on any atom is 0.145 e. The van der Waals surface area contributed by atoms with Gasteiger partial charge in [-0.05, 0) is 49.2 Å². The molecule has 0 radical (unpaired) electrons. The minimum absolute atomic E-state index is 0.0614. The summed E-state index contributed by atoms with van der Waals surface area (Å²) in [6.45, 7) is 5.82. The van der Waals surface area contributed by atoms with Gasteiger partial charge in [-0.15, -0.1) is 0 Å². The predicted molar refractivity (Wildman–Crippen MR) is 118 cm³/mol. The number of halogens is 1. The van der Waals surface area contributed by atoms with Crippen LogP contribution in [0.25, 0.3) is 0 Å². The van der Waals surface area contributed by atoms with Crippen molar-refractivity contribution in [2.75, 3.05) is 26.8 Å². The van der Waals surface area contributed by atoms with Crippen LogP contribution in [-0.2, 0) is 16.1 Å². The number of hydrogen-bond donors (Lipinski definition) is 1. The van der Waals surface area contributed by atoms with Crippen LogP contribution >= 0.6 is 0 Å². The molecule has 1 N–H and O–H groups in total. The summed E-state index contributed by atoms with van der Waals surface area (Å²) < 4.78 is 24.1. The number of methoxy groups -OCH3 is 1. The summed E-state index contributed by atoms with van der Waals surface area (Å²) in [6.07, 6.45) is -0.0826. The Labute approximate surface area is 183 Å². The lowest BCUT2D eigenvalue weighted by atomic mass is 10.0. The van der Waals surface area contributed by atoms with Crippen LogP contribution in [0.2, 0.25) is 0 Å². The summed E-state index contributed by atoms with van der Waals surface area (Å²) in [4.78, 5) is 7.79.